The number of carbonyl (C=O) groups is 1. The first-order valence-electron chi connectivity index (χ1n) is 7.34. The molecule has 3 rings (SSSR count). The number of benzene rings is 2. The Morgan fingerprint density at radius 2 is 1.46 bits per heavy atom. The molecule has 0 fully saturated rings. The van der Waals surface area contributed by atoms with Crippen LogP contribution in [0.4, 0.5) is 4.39 Å². The van der Waals surface area contributed by atoms with Gasteiger partial charge in [0.1, 0.15) is 0 Å². The highest BCUT2D eigenvalue weighted by atomic mass is 19.1. The van der Waals surface area contributed by atoms with E-state index in [0.717, 1.165) is 17.2 Å². The van der Waals surface area contributed by atoms with E-state index < -0.39 is 11.9 Å². The average molecular weight is 319 g/mol. The molecule has 0 unspecified atom stereocenters. The second-order valence-corrected chi connectivity index (χ2v) is 5.00. The molecule has 1 heterocycles. The first kappa shape index (κ1) is 15.6. The van der Waals surface area contributed by atoms with E-state index in [0.29, 0.717) is 5.71 Å². The van der Waals surface area contributed by atoms with Gasteiger partial charge in [-0.3, -0.25) is 4.79 Å². The largest absolute Gasteiger partial charge is 0.271 e. The van der Waals surface area contributed by atoms with Crippen molar-refractivity contribution in [2.45, 2.75) is 0 Å². The predicted molar refractivity (Wildman–Crippen MR) is 90.2 cm³/mol. The van der Waals surface area contributed by atoms with Gasteiger partial charge in [0.25, 0.3) is 5.91 Å². The number of pyridine rings is 1. The molecule has 0 atom stereocenters. The third-order valence-electron chi connectivity index (χ3n) is 3.35. The maximum absolute atomic E-state index is 13.1. The van der Waals surface area contributed by atoms with Crippen molar-refractivity contribution < 1.29 is 9.18 Å². The van der Waals surface area contributed by atoms with Crippen LogP contribution in [-0.2, 0) is 0 Å². The normalized spacial score (nSPS) is 10.0. The summed E-state index contributed by atoms with van der Waals surface area (Å²) >= 11 is 0. The molecule has 24 heavy (non-hydrogen) atoms. The highest BCUT2D eigenvalue weighted by Crippen LogP contribution is 2.10. The maximum atomic E-state index is 13.1. The van der Waals surface area contributed by atoms with Gasteiger partial charge in [-0.1, -0.05) is 60.7 Å². The Labute approximate surface area is 138 Å². The molecule has 1 aromatic heterocycles. The molecule has 0 aliphatic heterocycles. The first-order chi connectivity index (χ1) is 11.7. The molecule has 1 N–H and O–H groups in total. The number of nitrogens with one attached hydrogen (secondary N) is 1. The van der Waals surface area contributed by atoms with Crippen molar-refractivity contribution in [1.29, 1.82) is 0 Å². The van der Waals surface area contributed by atoms with Gasteiger partial charge in [0, 0.05) is 29.0 Å². The smallest absolute Gasteiger partial charge is 0.267 e. The molecule has 118 valence electrons. The Morgan fingerprint density at radius 1 is 0.875 bits per heavy atom. The quantitative estimate of drug-likeness (QED) is 0.455. The minimum atomic E-state index is -0.710. The van der Waals surface area contributed by atoms with Crippen molar-refractivity contribution in [2.75, 3.05) is 0 Å². The van der Waals surface area contributed by atoms with E-state index in [-0.39, 0.29) is 5.56 Å². The summed E-state index contributed by atoms with van der Waals surface area (Å²) in [6, 6.07) is 21.5. The molecule has 0 saturated carbocycles. The predicted octanol–water partition coefficient (Wildman–Crippen LogP) is 3.40. The molecule has 2 aromatic carbocycles. The van der Waals surface area contributed by atoms with Crippen LogP contribution in [0.2, 0.25) is 0 Å². The molecule has 4 nitrogen and oxygen atoms in total. The summed E-state index contributed by atoms with van der Waals surface area (Å²) in [4.78, 5) is 15.6. The summed E-state index contributed by atoms with van der Waals surface area (Å²) in [5, 5.41) is 4.24. The van der Waals surface area contributed by atoms with E-state index in [4.69, 9.17) is 0 Å². The van der Waals surface area contributed by atoms with E-state index in [9.17, 15) is 9.18 Å². The number of hydrogen-bond acceptors (Lipinski definition) is 3. The van der Waals surface area contributed by atoms with Crippen LogP contribution in [0.1, 0.15) is 21.5 Å². The van der Waals surface area contributed by atoms with E-state index in [1.54, 1.807) is 0 Å². The fourth-order valence-corrected chi connectivity index (χ4v) is 2.20. The molecule has 1 amide bonds. The van der Waals surface area contributed by atoms with Gasteiger partial charge in [-0.15, -0.1) is 0 Å². The van der Waals surface area contributed by atoms with Gasteiger partial charge >= 0.3 is 0 Å². The van der Waals surface area contributed by atoms with Gasteiger partial charge in [0.2, 0.25) is 5.95 Å². The highest BCUT2D eigenvalue weighted by molar-refractivity contribution is 6.13. The van der Waals surface area contributed by atoms with E-state index in [2.05, 4.69) is 15.5 Å². The first-order valence-corrected chi connectivity index (χ1v) is 7.34. The van der Waals surface area contributed by atoms with E-state index >= 15 is 0 Å². The molecule has 5 heteroatoms. The Kier molecular flexibility index (Phi) is 4.72. The fraction of sp³-hybridized carbons (Fsp3) is 0. The van der Waals surface area contributed by atoms with Gasteiger partial charge in [0.15, 0.2) is 0 Å². The Morgan fingerprint density at radius 3 is 2.00 bits per heavy atom. The standard InChI is InChI=1S/C19H14FN3O/c20-17-13-16(11-12-21-17)19(24)23-22-18(14-7-3-1-4-8-14)15-9-5-2-6-10-15/h1-13H,(H,23,24). The summed E-state index contributed by atoms with van der Waals surface area (Å²) in [6.45, 7) is 0. The Balaban J connectivity index is 1.91. The lowest BCUT2D eigenvalue weighted by molar-refractivity contribution is 0.0954. The summed E-state index contributed by atoms with van der Waals surface area (Å²) in [7, 11) is 0. The number of rotatable bonds is 4. The maximum Gasteiger partial charge on any atom is 0.271 e. The number of hydrazone groups is 1. The molecule has 0 aliphatic rings. The van der Waals surface area contributed by atoms with Crippen LogP contribution in [-0.4, -0.2) is 16.6 Å². The lowest BCUT2D eigenvalue weighted by Crippen LogP contribution is -2.20. The van der Waals surface area contributed by atoms with Crippen molar-refractivity contribution in [1.82, 2.24) is 10.4 Å². The van der Waals surface area contributed by atoms with Gasteiger partial charge in [-0.05, 0) is 6.07 Å². The van der Waals surface area contributed by atoms with Gasteiger partial charge in [-0.2, -0.15) is 9.49 Å². The summed E-state index contributed by atoms with van der Waals surface area (Å²) in [5.74, 6) is -1.21. The zero-order valence-corrected chi connectivity index (χ0v) is 12.7. The molecule has 0 radical (unpaired) electrons. The molecular weight excluding hydrogens is 305 g/mol. The van der Waals surface area contributed by atoms with Crippen molar-refractivity contribution in [3.8, 4) is 0 Å². The van der Waals surface area contributed by atoms with Crippen LogP contribution in [0.5, 0.6) is 0 Å². The van der Waals surface area contributed by atoms with Crippen molar-refractivity contribution in [2.24, 2.45) is 5.10 Å². The summed E-state index contributed by atoms with van der Waals surface area (Å²) in [5.41, 5.74) is 4.99. The molecule has 0 spiro atoms. The number of halogens is 1. The topological polar surface area (TPSA) is 54.4 Å². The average Bonchev–Trinajstić information content (AvgIpc) is 2.63. The molecular formula is C19H14FN3O. The van der Waals surface area contributed by atoms with E-state index in [1.807, 2.05) is 60.7 Å². The minimum absolute atomic E-state index is 0.159. The van der Waals surface area contributed by atoms with Crippen LogP contribution in [0.25, 0.3) is 0 Å². The lowest BCUT2D eigenvalue weighted by Gasteiger charge is -2.08. The highest BCUT2D eigenvalue weighted by Gasteiger charge is 2.09. The van der Waals surface area contributed by atoms with Crippen molar-refractivity contribution >= 4 is 11.6 Å². The van der Waals surface area contributed by atoms with Crippen LogP contribution in [0.15, 0.2) is 84.1 Å². The van der Waals surface area contributed by atoms with Crippen LogP contribution in [0.3, 0.4) is 0 Å². The number of carbonyl (C=O) groups excluding carboxylic acids is 1. The monoisotopic (exact) mass is 319 g/mol. The van der Waals surface area contributed by atoms with Crippen LogP contribution >= 0.6 is 0 Å². The third kappa shape index (κ3) is 3.70. The SMILES string of the molecule is O=C(NN=C(c1ccccc1)c1ccccc1)c1ccnc(F)c1. The van der Waals surface area contributed by atoms with Crippen molar-refractivity contribution in [3.63, 3.8) is 0 Å². The van der Waals surface area contributed by atoms with Gasteiger partial charge in [-0.25, -0.2) is 10.4 Å². The zero-order chi connectivity index (χ0) is 16.8. The van der Waals surface area contributed by atoms with Crippen LogP contribution in [0, 0.1) is 5.95 Å². The summed E-state index contributed by atoms with van der Waals surface area (Å²) in [6.07, 6.45) is 1.24. The molecule has 3 aromatic rings. The minimum Gasteiger partial charge on any atom is -0.267 e. The zero-order valence-electron chi connectivity index (χ0n) is 12.7. The fourth-order valence-electron chi connectivity index (χ4n) is 2.20. The second kappa shape index (κ2) is 7.28. The number of amides is 1. The Bertz CT molecular complexity index is 823. The lowest BCUT2D eigenvalue weighted by atomic mass is 10.0. The summed E-state index contributed by atoms with van der Waals surface area (Å²) < 4.78 is 13.1. The number of nitrogens with zero attached hydrogens (tertiary/aromatic N) is 2. The molecule has 0 bridgehead atoms. The molecule has 0 saturated heterocycles. The number of hydrogen-bond donors (Lipinski definition) is 1. The number of aromatic nitrogens is 1. The van der Waals surface area contributed by atoms with Gasteiger partial charge in [0.05, 0.1) is 5.71 Å². The third-order valence-corrected chi connectivity index (χ3v) is 3.35. The molecule has 0 aliphatic carbocycles. The van der Waals surface area contributed by atoms with Crippen molar-refractivity contribution in [3.05, 3.63) is 102 Å². The second-order valence-electron chi connectivity index (χ2n) is 5.00. The van der Waals surface area contributed by atoms with E-state index in [1.165, 1.54) is 12.3 Å². The Hall–Kier alpha value is -3.34. The van der Waals surface area contributed by atoms with Crippen LogP contribution < -0.4 is 5.43 Å². The van der Waals surface area contributed by atoms with Gasteiger partial charge < -0.3 is 0 Å².